The zero-order valence-electron chi connectivity index (χ0n) is 7.40. The summed E-state index contributed by atoms with van der Waals surface area (Å²) in [7, 11) is 0. The number of benzene rings is 1. The zero-order valence-corrected chi connectivity index (χ0v) is 7.40. The lowest BCUT2D eigenvalue weighted by atomic mass is 10.1. The van der Waals surface area contributed by atoms with Gasteiger partial charge in [-0.3, -0.25) is 0 Å². The number of para-hydroxylation sites is 1. The molecule has 0 aliphatic rings. The van der Waals surface area contributed by atoms with Gasteiger partial charge in [-0.25, -0.2) is 0 Å². The molecule has 3 nitrogen and oxygen atoms in total. The second kappa shape index (κ2) is 4.48. The first-order chi connectivity index (χ1) is 6.29. The van der Waals surface area contributed by atoms with E-state index in [1.54, 1.807) is 30.3 Å². The molecule has 0 aliphatic heterocycles. The Hall–Kier alpha value is -1.53. The highest BCUT2D eigenvalue weighted by Gasteiger charge is 2.10. The second-order valence-electron chi connectivity index (χ2n) is 2.50. The number of nitriles is 1. The largest absolute Gasteiger partial charge is 0.493 e. The average Bonchev–Trinajstić information content (AvgIpc) is 2.18. The number of aliphatic hydroxyl groups excluding tert-OH is 1. The van der Waals surface area contributed by atoms with Crippen LogP contribution in [0.15, 0.2) is 24.3 Å². The molecule has 0 heterocycles. The minimum Gasteiger partial charge on any atom is -0.493 e. The van der Waals surface area contributed by atoms with Crippen molar-refractivity contribution in [2.24, 2.45) is 0 Å². The number of hydrogen-bond donors (Lipinski definition) is 1. The molecule has 0 saturated heterocycles. The van der Waals surface area contributed by atoms with Crippen molar-refractivity contribution in [2.75, 3.05) is 6.61 Å². The Balaban J connectivity index is 2.98. The molecule has 0 aromatic heterocycles. The van der Waals surface area contributed by atoms with Gasteiger partial charge in [-0.2, -0.15) is 5.26 Å². The summed E-state index contributed by atoms with van der Waals surface area (Å²) in [6.07, 6.45) is -1.11. The summed E-state index contributed by atoms with van der Waals surface area (Å²) in [4.78, 5) is 0. The van der Waals surface area contributed by atoms with Crippen LogP contribution in [0, 0.1) is 11.3 Å². The first kappa shape index (κ1) is 9.56. The molecule has 1 N–H and O–H groups in total. The SMILES string of the molecule is CCOc1ccccc1C(O)C#N. The summed E-state index contributed by atoms with van der Waals surface area (Å²) in [5, 5.41) is 17.8. The number of hydrogen-bond acceptors (Lipinski definition) is 3. The molecule has 0 spiro atoms. The molecule has 1 aromatic rings. The summed E-state index contributed by atoms with van der Waals surface area (Å²) in [6, 6.07) is 8.74. The molecule has 1 rings (SSSR count). The Morgan fingerprint density at radius 3 is 2.85 bits per heavy atom. The molecule has 1 unspecified atom stereocenters. The number of ether oxygens (including phenoxy) is 1. The highest BCUT2D eigenvalue weighted by atomic mass is 16.5. The third kappa shape index (κ3) is 2.20. The van der Waals surface area contributed by atoms with Gasteiger partial charge in [0.05, 0.1) is 12.7 Å². The van der Waals surface area contributed by atoms with E-state index in [4.69, 9.17) is 10.00 Å². The maximum atomic E-state index is 9.30. The van der Waals surface area contributed by atoms with E-state index in [9.17, 15) is 5.11 Å². The van der Waals surface area contributed by atoms with E-state index >= 15 is 0 Å². The Morgan fingerprint density at radius 2 is 2.23 bits per heavy atom. The lowest BCUT2D eigenvalue weighted by molar-refractivity contribution is 0.226. The van der Waals surface area contributed by atoms with Crippen molar-refractivity contribution in [2.45, 2.75) is 13.0 Å². The molecule has 1 atom stereocenters. The van der Waals surface area contributed by atoms with Crippen LogP contribution >= 0.6 is 0 Å². The van der Waals surface area contributed by atoms with Gasteiger partial charge in [-0.15, -0.1) is 0 Å². The van der Waals surface area contributed by atoms with Crippen molar-refractivity contribution in [1.29, 1.82) is 5.26 Å². The van der Waals surface area contributed by atoms with E-state index in [1.165, 1.54) is 0 Å². The van der Waals surface area contributed by atoms with Crippen LogP contribution in [-0.2, 0) is 0 Å². The van der Waals surface area contributed by atoms with E-state index in [1.807, 2.05) is 6.92 Å². The summed E-state index contributed by atoms with van der Waals surface area (Å²) in [5.41, 5.74) is 0.520. The van der Waals surface area contributed by atoms with Gasteiger partial charge in [0.25, 0.3) is 0 Å². The van der Waals surface area contributed by atoms with Crippen molar-refractivity contribution in [1.82, 2.24) is 0 Å². The standard InChI is InChI=1S/C10H11NO2/c1-2-13-10-6-4-3-5-8(10)9(12)7-11/h3-6,9,12H,2H2,1H3. The Bertz CT molecular complexity index is 317. The van der Waals surface area contributed by atoms with Gasteiger partial charge in [0.1, 0.15) is 5.75 Å². The van der Waals surface area contributed by atoms with Crippen LogP contribution in [0.2, 0.25) is 0 Å². The van der Waals surface area contributed by atoms with Gasteiger partial charge in [-0.05, 0) is 13.0 Å². The highest BCUT2D eigenvalue weighted by molar-refractivity contribution is 5.37. The van der Waals surface area contributed by atoms with Gasteiger partial charge in [0.15, 0.2) is 6.10 Å². The van der Waals surface area contributed by atoms with Gasteiger partial charge in [-0.1, -0.05) is 18.2 Å². The smallest absolute Gasteiger partial charge is 0.169 e. The molecule has 0 radical (unpaired) electrons. The number of rotatable bonds is 3. The van der Waals surface area contributed by atoms with Crippen LogP contribution in [0.3, 0.4) is 0 Å². The van der Waals surface area contributed by atoms with Crippen molar-refractivity contribution in [3.8, 4) is 11.8 Å². The number of nitrogens with zero attached hydrogens (tertiary/aromatic N) is 1. The average molecular weight is 177 g/mol. The molecule has 0 amide bonds. The van der Waals surface area contributed by atoms with Crippen LogP contribution in [0.25, 0.3) is 0 Å². The maximum absolute atomic E-state index is 9.30. The molecule has 1 aromatic carbocycles. The van der Waals surface area contributed by atoms with E-state index in [2.05, 4.69) is 0 Å². The van der Waals surface area contributed by atoms with E-state index in [0.717, 1.165) is 0 Å². The fraction of sp³-hybridized carbons (Fsp3) is 0.300. The number of aliphatic hydroxyl groups is 1. The summed E-state index contributed by atoms with van der Waals surface area (Å²) >= 11 is 0. The van der Waals surface area contributed by atoms with Gasteiger partial charge >= 0.3 is 0 Å². The van der Waals surface area contributed by atoms with E-state index in [0.29, 0.717) is 17.9 Å². The quantitative estimate of drug-likeness (QED) is 0.714. The van der Waals surface area contributed by atoms with Crippen molar-refractivity contribution >= 4 is 0 Å². The Morgan fingerprint density at radius 1 is 1.54 bits per heavy atom. The van der Waals surface area contributed by atoms with Crippen LogP contribution in [0.4, 0.5) is 0 Å². The van der Waals surface area contributed by atoms with Crippen LogP contribution < -0.4 is 4.74 Å². The minimum atomic E-state index is -1.11. The van der Waals surface area contributed by atoms with Crippen LogP contribution in [0.5, 0.6) is 5.75 Å². The van der Waals surface area contributed by atoms with Gasteiger partial charge in [0, 0.05) is 5.56 Å². The fourth-order valence-electron chi connectivity index (χ4n) is 1.06. The lowest BCUT2D eigenvalue weighted by Crippen LogP contribution is -2.00. The monoisotopic (exact) mass is 177 g/mol. The van der Waals surface area contributed by atoms with Crippen molar-refractivity contribution in [3.63, 3.8) is 0 Å². The van der Waals surface area contributed by atoms with Gasteiger partial charge in [0.2, 0.25) is 0 Å². The minimum absolute atomic E-state index is 0.520. The Kier molecular flexibility index (Phi) is 3.30. The molecular weight excluding hydrogens is 166 g/mol. The van der Waals surface area contributed by atoms with E-state index in [-0.39, 0.29) is 0 Å². The predicted octanol–water partition coefficient (Wildman–Crippen LogP) is 1.64. The summed E-state index contributed by atoms with van der Waals surface area (Å²) < 4.78 is 5.25. The summed E-state index contributed by atoms with van der Waals surface area (Å²) in [5.74, 6) is 0.569. The summed E-state index contributed by atoms with van der Waals surface area (Å²) in [6.45, 7) is 2.38. The fourth-order valence-corrected chi connectivity index (χ4v) is 1.06. The molecule has 13 heavy (non-hydrogen) atoms. The topological polar surface area (TPSA) is 53.2 Å². The van der Waals surface area contributed by atoms with Crippen LogP contribution in [0.1, 0.15) is 18.6 Å². The predicted molar refractivity (Wildman–Crippen MR) is 48.2 cm³/mol. The molecule has 0 fully saturated rings. The van der Waals surface area contributed by atoms with Crippen molar-refractivity contribution < 1.29 is 9.84 Å². The molecule has 3 heteroatoms. The molecule has 0 saturated carbocycles. The second-order valence-corrected chi connectivity index (χ2v) is 2.50. The first-order valence-corrected chi connectivity index (χ1v) is 4.09. The maximum Gasteiger partial charge on any atom is 0.169 e. The third-order valence-corrected chi connectivity index (χ3v) is 1.64. The van der Waals surface area contributed by atoms with E-state index < -0.39 is 6.10 Å². The third-order valence-electron chi connectivity index (χ3n) is 1.64. The molecule has 0 aliphatic carbocycles. The molecular formula is C10H11NO2. The first-order valence-electron chi connectivity index (χ1n) is 4.09. The molecule has 68 valence electrons. The van der Waals surface area contributed by atoms with Gasteiger partial charge < -0.3 is 9.84 Å². The zero-order chi connectivity index (χ0) is 9.68. The Labute approximate surface area is 77.2 Å². The van der Waals surface area contributed by atoms with Crippen LogP contribution in [-0.4, -0.2) is 11.7 Å². The van der Waals surface area contributed by atoms with Crippen molar-refractivity contribution in [3.05, 3.63) is 29.8 Å². The lowest BCUT2D eigenvalue weighted by Gasteiger charge is -2.09. The molecule has 0 bridgehead atoms. The highest BCUT2D eigenvalue weighted by Crippen LogP contribution is 2.24. The normalized spacial score (nSPS) is 11.8.